The number of ether oxygens (including phenoxy) is 1. The summed E-state index contributed by atoms with van der Waals surface area (Å²) in [7, 11) is 0. The van der Waals surface area contributed by atoms with Gasteiger partial charge in [-0.3, -0.25) is 9.69 Å². The Morgan fingerprint density at radius 1 is 1.39 bits per heavy atom. The van der Waals surface area contributed by atoms with Crippen LogP contribution in [0.3, 0.4) is 0 Å². The maximum Gasteiger partial charge on any atom is 0.297 e. The van der Waals surface area contributed by atoms with Crippen LogP contribution in [0.5, 0.6) is 0 Å². The molecule has 98 valence electrons. The number of likely N-dealkylation sites (N-methyl/N-ethyl adjacent to an activating group) is 1. The Labute approximate surface area is 117 Å². The van der Waals surface area contributed by atoms with Crippen LogP contribution in [0.25, 0.3) is 0 Å². The molecule has 0 aromatic carbocycles. The van der Waals surface area contributed by atoms with Crippen molar-refractivity contribution in [3.05, 3.63) is 22.9 Å². The number of thiocarbonyl (C=S) groups is 1. The van der Waals surface area contributed by atoms with E-state index in [-0.39, 0.29) is 11.1 Å². The van der Waals surface area contributed by atoms with Gasteiger partial charge in [-0.1, -0.05) is 0 Å². The number of carbonyl (C=O) groups excluding carboxylic acids is 1. The van der Waals surface area contributed by atoms with E-state index < -0.39 is 0 Å². The second-order valence-electron chi connectivity index (χ2n) is 3.88. The van der Waals surface area contributed by atoms with E-state index in [1.807, 2.05) is 13.0 Å². The van der Waals surface area contributed by atoms with E-state index >= 15 is 0 Å². The van der Waals surface area contributed by atoms with Crippen molar-refractivity contribution in [3.8, 4) is 0 Å². The van der Waals surface area contributed by atoms with Gasteiger partial charge in [0.05, 0.1) is 5.03 Å². The molecule has 2 fully saturated rings. The summed E-state index contributed by atoms with van der Waals surface area (Å²) in [5.74, 6) is 1.26. The van der Waals surface area contributed by atoms with Crippen molar-refractivity contribution in [1.82, 2.24) is 9.80 Å². The van der Waals surface area contributed by atoms with Crippen molar-refractivity contribution in [2.24, 2.45) is 0 Å². The van der Waals surface area contributed by atoms with E-state index in [9.17, 15) is 4.79 Å². The number of rotatable bonds is 3. The third-order valence-corrected chi connectivity index (χ3v) is 4.25. The molecule has 2 aliphatic heterocycles. The van der Waals surface area contributed by atoms with Crippen molar-refractivity contribution >= 4 is 35.1 Å². The molecule has 2 saturated heterocycles. The van der Waals surface area contributed by atoms with Crippen molar-refractivity contribution < 1.29 is 9.53 Å². The molecule has 0 atom stereocenters. The zero-order valence-corrected chi connectivity index (χ0v) is 12.1. The number of thioether (sulfide) groups is 1. The summed E-state index contributed by atoms with van der Waals surface area (Å²) in [5, 5.41) is 1.43. The number of amides is 1. The van der Waals surface area contributed by atoms with Crippen LogP contribution in [-0.4, -0.2) is 46.3 Å². The van der Waals surface area contributed by atoms with E-state index in [4.69, 9.17) is 17.0 Å². The molecule has 2 rings (SSSR count). The van der Waals surface area contributed by atoms with Gasteiger partial charge in [-0.2, -0.15) is 0 Å². The minimum Gasteiger partial charge on any atom is -0.426 e. The van der Waals surface area contributed by atoms with Crippen molar-refractivity contribution in [1.29, 1.82) is 0 Å². The minimum absolute atomic E-state index is 0.148. The average Bonchev–Trinajstić information content (AvgIpc) is 2.91. The maximum absolute atomic E-state index is 11.9. The lowest BCUT2D eigenvalue weighted by atomic mass is 10.4. The largest absolute Gasteiger partial charge is 0.426 e. The maximum atomic E-state index is 11.9. The fraction of sp³-hybridized carbons (Fsp3) is 0.500. The second-order valence-corrected chi connectivity index (χ2v) is 5.35. The first-order valence-corrected chi connectivity index (χ1v) is 7.40. The highest BCUT2D eigenvalue weighted by molar-refractivity contribution is 8.03. The molecule has 0 spiro atoms. The number of carbonyl (C=O) groups is 1. The number of allylic oxidation sites excluding steroid dienone is 2. The van der Waals surface area contributed by atoms with Crippen LogP contribution in [-0.2, 0) is 9.53 Å². The summed E-state index contributed by atoms with van der Waals surface area (Å²) < 4.78 is 5.30. The minimum atomic E-state index is -0.148. The Morgan fingerprint density at radius 3 is 2.78 bits per heavy atom. The molecule has 0 unspecified atom stereocenters. The Hall–Kier alpha value is -1.01. The summed E-state index contributed by atoms with van der Waals surface area (Å²) in [6, 6.07) is 0. The molecule has 0 N–H and O–H groups in total. The summed E-state index contributed by atoms with van der Waals surface area (Å²) in [4.78, 5) is 15.6. The number of nitrogens with zero attached hydrogens (tertiary/aromatic N) is 2. The van der Waals surface area contributed by atoms with Gasteiger partial charge in [0, 0.05) is 25.4 Å². The van der Waals surface area contributed by atoms with Crippen molar-refractivity contribution in [2.45, 2.75) is 13.8 Å². The van der Waals surface area contributed by atoms with Gasteiger partial charge in [0.1, 0.15) is 0 Å². The van der Waals surface area contributed by atoms with E-state index in [0.29, 0.717) is 12.3 Å². The molecular weight excluding hydrogens is 268 g/mol. The van der Waals surface area contributed by atoms with E-state index in [0.717, 1.165) is 18.8 Å². The number of hydrogen-bond donors (Lipinski definition) is 0. The third kappa shape index (κ3) is 2.54. The van der Waals surface area contributed by atoms with E-state index in [1.165, 1.54) is 9.93 Å². The summed E-state index contributed by atoms with van der Waals surface area (Å²) in [5.41, 5.74) is 0. The van der Waals surface area contributed by atoms with E-state index in [1.54, 1.807) is 17.8 Å². The molecule has 2 heterocycles. The van der Waals surface area contributed by atoms with Crippen LogP contribution in [0.1, 0.15) is 13.8 Å². The van der Waals surface area contributed by atoms with Gasteiger partial charge >= 0.3 is 0 Å². The van der Waals surface area contributed by atoms with Gasteiger partial charge in [0.2, 0.25) is 0 Å². The molecule has 0 aromatic heterocycles. The first-order valence-electron chi connectivity index (χ1n) is 6.00. The quantitative estimate of drug-likeness (QED) is 0.584. The average molecular weight is 284 g/mol. The highest BCUT2D eigenvalue weighted by atomic mass is 32.2. The van der Waals surface area contributed by atoms with Gasteiger partial charge in [0.15, 0.2) is 5.76 Å². The van der Waals surface area contributed by atoms with Gasteiger partial charge in [-0.05, 0) is 38.2 Å². The zero-order valence-electron chi connectivity index (χ0n) is 10.5. The van der Waals surface area contributed by atoms with Crippen LogP contribution < -0.4 is 0 Å². The van der Waals surface area contributed by atoms with Gasteiger partial charge < -0.3 is 9.64 Å². The van der Waals surface area contributed by atoms with Gasteiger partial charge in [-0.25, -0.2) is 0 Å². The van der Waals surface area contributed by atoms with Crippen molar-refractivity contribution in [3.63, 3.8) is 0 Å². The Bertz CT molecular complexity index is 432. The lowest BCUT2D eigenvalue weighted by molar-refractivity contribution is -0.122. The Morgan fingerprint density at radius 2 is 2.17 bits per heavy atom. The van der Waals surface area contributed by atoms with Crippen LogP contribution in [0, 0.1) is 0 Å². The SMILES string of the molecule is CCN1C(=O)/C(=C/C=C2\SCCN2CC)OC1=S. The van der Waals surface area contributed by atoms with Gasteiger partial charge in [0.25, 0.3) is 11.1 Å². The normalized spacial score (nSPS) is 24.6. The lowest BCUT2D eigenvalue weighted by Gasteiger charge is -2.15. The molecule has 4 nitrogen and oxygen atoms in total. The second kappa shape index (κ2) is 5.75. The molecule has 0 aliphatic carbocycles. The smallest absolute Gasteiger partial charge is 0.297 e. The fourth-order valence-electron chi connectivity index (χ4n) is 1.86. The predicted octanol–water partition coefficient (Wildman–Crippen LogP) is 1.94. The summed E-state index contributed by atoms with van der Waals surface area (Å²) >= 11 is 6.79. The van der Waals surface area contributed by atoms with Crippen LogP contribution >= 0.6 is 24.0 Å². The number of hydrogen-bond acceptors (Lipinski definition) is 5. The molecule has 2 aliphatic rings. The fourth-order valence-corrected chi connectivity index (χ4v) is 3.25. The van der Waals surface area contributed by atoms with Crippen LogP contribution in [0.15, 0.2) is 22.9 Å². The lowest BCUT2D eigenvalue weighted by Crippen LogP contribution is -2.27. The topological polar surface area (TPSA) is 32.8 Å². The summed E-state index contributed by atoms with van der Waals surface area (Å²) in [6.07, 6.45) is 3.66. The van der Waals surface area contributed by atoms with E-state index in [2.05, 4.69) is 11.8 Å². The zero-order chi connectivity index (χ0) is 13.1. The third-order valence-electron chi connectivity index (χ3n) is 2.87. The first-order chi connectivity index (χ1) is 8.67. The summed E-state index contributed by atoms with van der Waals surface area (Å²) in [6.45, 7) is 6.58. The molecule has 0 radical (unpaired) electrons. The van der Waals surface area contributed by atoms with Crippen LogP contribution in [0.2, 0.25) is 0 Å². The Balaban J connectivity index is 2.13. The highest BCUT2D eigenvalue weighted by Crippen LogP contribution is 2.27. The predicted molar refractivity (Wildman–Crippen MR) is 76.9 cm³/mol. The molecular formula is C12H16N2O2S2. The molecule has 0 bridgehead atoms. The Kier molecular flexibility index (Phi) is 4.29. The monoisotopic (exact) mass is 284 g/mol. The standard InChI is InChI=1S/C12H16N2O2S2/c1-3-13-7-8-18-10(13)6-5-9-11(15)14(4-2)12(17)16-9/h5-6H,3-4,7-8H2,1-2H3/b9-5-,10-6-. The highest BCUT2D eigenvalue weighted by Gasteiger charge is 2.31. The molecule has 18 heavy (non-hydrogen) atoms. The first kappa shape index (κ1) is 13.4. The van der Waals surface area contributed by atoms with Gasteiger partial charge in [-0.15, -0.1) is 11.8 Å². The van der Waals surface area contributed by atoms with Crippen LogP contribution in [0.4, 0.5) is 0 Å². The molecule has 1 amide bonds. The molecule has 0 saturated carbocycles. The van der Waals surface area contributed by atoms with Crippen molar-refractivity contribution in [2.75, 3.05) is 25.4 Å². The molecule has 0 aromatic rings. The molecule has 6 heteroatoms.